The summed E-state index contributed by atoms with van der Waals surface area (Å²) >= 11 is -1.90. The predicted octanol–water partition coefficient (Wildman–Crippen LogP) is 0.350. The van der Waals surface area contributed by atoms with E-state index in [0.717, 1.165) is 12.0 Å². The minimum absolute atomic E-state index is 0.493. The van der Waals surface area contributed by atoms with Crippen molar-refractivity contribution in [3.8, 4) is 0 Å². The number of nitrogens with zero attached hydrogens (tertiary/aromatic N) is 1. The Bertz CT molecular complexity index is 253. The maximum Gasteiger partial charge on any atom is 0.231 e. The van der Waals surface area contributed by atoms with Crippen LogP contribution in [0.25, 0.3) is 0 Å². The monoisotopic (exact) mass is 186 g/mol. The van der Waals surface area contributed by atoms with Crippen LogP contribution in [0.5, 0.6) is 0 Å². The Labute approximate surface area is 73.4 Å². The van der Waals surface area contributed by atoms with Crippen LogP contribution < -0.4 is 4.72 Å². The molecule has 2 N–H and O–H groups in total. The van der Waals surface area contributed by atoms with E-state index in [0.29, 0.717) is 6.54 Å². The molecule has 0 aliphatic rings. The molecule has 1 heterocycles. The van der Waals surface area contributed by atoms with Gasteiger partial charge in [0.2, 0.25) is 11.3 Å². The van der Waals surface area contributed by atoms with Crippen molar-refractivity contribution < 1.29 is 8.76 Å². The fourth-order valence-electron chi connectivity index (χ4n) is 0.832. The Kier molecular flexibility index (Phi) is 3.86. The molecule has 12 heavy (non-hydrogen) atoms. The van der Waals surface area contributed by atoms with Gasteiger partial charge < -0.3 is 0 Å². The van der Waals surface area contributed by atoms with Crippen molar-refractivity contribution in [1.29, 1.82) is 0 Å². The lowest BCUT2D eigenvalue weighted by molar-refractivity contribution is 0.549. The van der Waals surface area contributed by atoms with Gasteiger partial charge in [-0.25, -0.2) is 8.93 Å². The van der Waals surface area contributed by atoms with Gasteiger partial charge in [-0.3, -0.25) is 9.54 Å². The molecule has 0 fully saturated rings. The van der Waals surface area contributed by atoms with Gasteiger partial charge in [-0.05, 0) is 24.1 Å². The van der Waals surface area contributed by atoms with E-state index < -0.39 is 11.3 Å². The predicted molar refractivity (Wildman–Crippen MR) is 46.7 cm³/mol. The second-order valence-corrected chi connectivity index (χ2v) is 3.04. The van der Waals surface area contributed by atoms with Gasteiger partial charge in [-0.2, -0.15) is 0 Å². The van der Waals surface area contributed by atoms with Crippen LogP contribution >= 0.6 is 0 Å². The number of rotatable bonds is 4. The van der Waals surface area contributed by atoms with E-state index in [2.05, 4.69) is 9.71 Å². The zero-order valence-corrected chi connectivity index (χ0v) is 7.25. The molecule has 66 valence electrons. The maximum atomic E-state index is 10.2. The van der Waals surface area contributed by atoms with Gasteiger partial charge in [0.05, 0.1) is 0 Å². The summed E-state index contributed by atoms with van der Waals surface area (Å²) in [5.74, 6) is 0. The summed E-state index contributed by atoms with van der Waals surface area (Å²) in [6.45, 7) is 0.493. The van der Waals surface area contributed by atoms with Crippen molar-refractivity contribution in [1.82, 2.24) is 9.71 Å². The fraction of sp³-hybridized carbons (Fsp3) is 0.286. The highest BCUT2D eigenvalue weighted by molar-refractivity contribution is 7.77. The average molecular weight is 186 g/mol. The SMILES string of the molecule is O=S(O)NCCc1ccncc1. The molecule has 0 aliphatic heterocycles. The second kappa shape index (κ2) is 4.97. The molecule has 5 heteroatoms. The second-order valence-electron chi connectivity index (χ2n) is 2.25. The van der Waals surface area contributed by atoms with Crippen molar-refractivity contribution in [3.63, 3.8) is 0 Å². The van der Waals surface area contributed by atoms with E-state index in [1.54, 1.807) is 12.4 Å². The molecular weight excluding hydrogens is 176 g/mol. The lowest BCUT2D eigenvalue weighted by atomic mass is 10.2. The van der Waals surface area contributed by atoms with E-state index in [1.807, 2.05) is 12.1 Å². The van der Waals surface area contributed by atoms with Gasteiger partial charge in [0.15, 0.2) is 0 Å². The van der Waals surface area contributed by atoms with Crippen molar-refractivity contribution in [2.45, 2.75) is 6.42 Å². The number of pyridine rings is 1. The van der Waals surface area contributed by atoms with Crippen LogP contribution in [0.15, 0.2) is 24.5 Å². The highest BCUT2D eigenvalue weighted by Crippen LogP contribution is 1.95. The van der Waals surface area contributed by atoms with Crippen molar-refractivity contribution >= 4 is 11.3 Å². The molecule has 0 spiro atoms. The summed E-state index contributed by atoms with van der Waals surface area (Å²) in [6.07, 6.45) is 4.13. The Morgan fingerprint density at radius 3 is 2.75 bits per heavy atom. The van der Waals surface area contributed by atoms with Crippen LogP contribution in [-0.4, -0.2) is 20.3 Å². The van der Waals surface area contributed by atoms with Crippen LogP contribution in [-0.2, 0) is 17.7 Å². The largest absolute Gasteiger partial charge is 0.294 e. The smallest absolute Gasteiger partial charge is 0.231 e. The quantitative estimate of drug-likeness (QED) is 0.667. The van der Waals surface area contributed by atoms with E-state index >= 15 is 0 Å². The zero-order chi connectivity index (χ0) is 8.81. The van der Waals surface area contributed by atoms with Gasteiger partial charge in [0.1, 0.15) is 0 Å². The lowest BCUT2D eigenvalue weighted by Gasteiger charge is -1.99. The molecule has 1 rings (SSSR count). The highest BCUT2D eigenvalue weighted by Gasteiger charge is 1.93. The maximum absolute atomic E-state index is 10.2. The number of hydrogen-bond donors (Lipinski definition) is 2. The molecule has 1 unspecified atom stereocenters. The van der Waals surface area contributed by atoms with Crippen LogP contribution in [0.3, 0.4) is 0 Å². The topological polar surface area (TPSA) is 62.2 Å². The summed E-state index contributed by atoms with van der Waals surface area (Å²) in [4.78, 5) is 3.86. The number of aromatic nitrogens is 1. The molecule has 0 aromatic carbocycles. The first-order valence-electron chi connectivity index (χ1n) is 3.52. The van der Waals surface area contributed by atoms with E-state index in [-0.39, 0.29) is 0 Å². The summed E-state index contributed by atoms with van der Waals surface area (Å²) < 4.78 is 21.0. The van der Waals surface area contributed by atoms with Crippen LogP contribution in [0.2, 0.25) is 0 Å². The molecule has 0 radical (unpaired) electrons. The van der Waals surface area contributed by atoms with Crippen LogP contribution in [0.1, 0.15) is 5.56 Å². The number of nitrogens with one attached hydrogen (secondary N) is 1. The first-order valence-corrected chi connectivity index (χ1v) is 4.63. The average Bonchev–Trinajstić information content (AvgIpc) is 2.05. The van der Waals surface area contributed by atoms with E-state index in [1.165, 1.54) is 0 Å². The number of hydrogen-bond acceptors (Lipinski definition) is 2. The Hall–Kier alpha value is -0.780. The Balaban J connectivity index is 2.29. The molecular formula is C7H10N2O2S. The molecule has 0 bridgehead atoms. The van der Waals surface area contributed by atoms with Crippen molar-refractivity contribution in [2.75, 3.05) is 6.54 Å². The van der Waals surface area contributed by atoms with Crippen molar-refractivity contribution in [2.24, 2.45) is 0 Å². The van der Waals surface area contributed by atoms with Gasteiger partial charge in [-0.1, -0.05) is 0 Å². The lowest BCUT2D eigenvalue weighted by Crippen LogP contribution is -2.18. The van der Waals surface area contributed by atoms with Gasteiger partial charge in [-0.15, -0.1) is 0 Å². The molecule has 1 aromatic heterocycles. The Morgan fingerprint density at radius 2 is 2.17 bits per heavy atom. The minimum atomic E-state index is -1.90. The van der Waals surface area contributed by atoms with Gasteiger partial charge in [0.25, 0.3) is 0 Å². The summed E-state index contributed by atoms with van der Waals surface area (Å²) in [6, 6.07) is 3.75. The van der Waals surface area contributed by atoms with Gasteiger partial charge >= 0.3 is 0 Å². The fourth-order valence-corrected chi connectivity index (χ4v) is 1.11. The van der Waals surface area contributed by atoms with Crippen LogP contribution in [0, 0.1) is 0 Å². The summed E-state index contributed by atoms with van der Waals surface area (Å²) in [5.41, 5.74) is 1.10. The highest BCUT2D eigenvalue weighted by atomic mass is 32.2. The Morgan fingerprint density at radius 1 is 1.50 bits per heavy atom. The van der Waals surface area contributed by atoms with E-state index in [9.17, 15) is 4.21 Å². The minimum Gasteiger partial charge on any atom is -0.294 e. The molecule has 1 aromatic rings. The standard InChI is InChI=1S/C7H10N2O2S/c10-12(11)9-6-3-7-1-4-8-5-2-7/h1-2,4-5,9H,3,6H2,(H,10,11). The summed E-state index contributed by atoms with van der Waals surface area (Å²) in [7, 11) is 0. The third-order valence-electron chi connectivity index (χ3n) is 1.39. The van der Waals surface area contributed by atoms with Crippen molar-refractivity contribution in [3.05, 3.63) is 30.1 Å². The molecule has 0 saturated heterocycles. The molecule has 4 nitrogen and oxygen atoms in total. The third-order valence-corrected chi connectivity index (χ3v) is 1.84. The normalized spacial score (nSPS) is 12.8. The first-order chi connectivity index (χ1) is 5.79. The first kappa shape index (κ1) is 9.31. The molecule has 1 atom stereocenters. The zero-order valence-electron chi connectivity index (χ0n) is 6.43. The van der Waals surface area contributed by atoms with Crippen LogP contribution in [0.4, 0.5) is 0 Å². The van der Waals surface area contributed by atoms with E-state index in [4.69, 9.17) is 4.55 Å². The molecule has 0 amide bonds. The summed E-state index contributed by atoms with van der Waals surface area (Å²) in [5, 5.41) is 0. The molecule has 0 saturated carbocycles. The third kappa shape index (κ3) is 3.56. The van der Waals surface area contributed by atoms with Gasteiger partial charge in [0, 0.05) is 18.9 Å². The molecule has 0 aliphatic carbocycles.